The second-order valence-electron chi connectivity index (χ2n) is 7.27. The van der Waals surface area contributed by atoms with Crippen molar-refractivity contribution in [3.05, 3.63) is 82.9 Å². The molecule has 0 aliphatic carbocycles. The van der Waals surface area contributed by atoms with Crippen molar-refractivity contribution in [1.29, 1.82) is 5.26 Å². The smallest absolute Gasteiger partial charge is 0.336 e. The van der Waals surface area contributed by atoms with Crippen LogP contribution in [0.2, 0.25) is 0 Å². The average Bonchev–Trinajstić information content (AvgIpc) is 2.77. The normalized spacial score (nSPS) is 15.0. The Balaban J connectivity index is 1.57. The van der Waals surface area contributed by atoms with Crippen LogP contribution in [0.15, 0.2) is 54.9 Å². The molecule has 0 spiro atoms. The fourth-order valence-electron chi connectivity index (χ4n) is 3.91. The number of hydrogen-bond acceptors (Lipinski definition) is 4. The molecule has 0 saturated heterocycles. The first-order valence-electron chi connectivity index (χ1n) is 9.69. The number of aromatic carboxylic acids is 1. The lowest BCUT2D eigenvalue weighted by Crippen LogP contribution is -2.15. The Hall–Kier alpha value is -3.72. The maximum absolute atomic E-state index is 14.4. The van der Waals surface area contributed by atoms with Gasteiger partial charge >= 0.3 is 5.97 Å². The summed E-state index contributed by atoms with van der Waals surface area (Å²) in [6, 6.07) is 13.5. The number of fused-ring (bicyclic) bond motifs is 1. The summed E-state index contributed by atoms with van der Waals surface area (Å²) in [6.07, 6.45) is 5.31. The molecule has 0 radical (unpaired) electrons. The van der Waals surface area contributed by atoms with E-state index >= 15 is 0 Å². The van der Waals surface area contributed by atoms with E-state index in [4.69, 9.17) is 10.00 Å². The van der Waals surface area contributed by atoms with Crippen LogP contribution < -0.4 is 4.74 Å². The third-order valence-electron chi connectivity index (χ3n) is 5.48. The van der Waals surface area contributed by atoms with E-state index in [0.717, 1.165) is 24.2 Å². The van der Waals surface area contributed by atoms with Crippen molar-refractivity contribution in [2.45, 2.75) is 25.2 Å². The minimum Gasteiger partial charge on any atom is -0.493 e. The highest BCUT2D eigenvalue weighted by atomic mass is 19.1. The molecule has 1 aliphatic rings. The first-order chi connectivity index (χ1) is 14.6. The van der Waals surface area contributed by atoms with Crippen molar-refractivity contribution in [2.24, 2.45) is 0 Å². The van der Waals surface area contributed by atoms with Crippen LogP contribution in [-0.4, -0.2) is 22.7 Å². The third kappa shape index (κ3) is 3.87. The highest BCUT2D eigenvalue weighted by molar-refractivity contribution is 5.89. The highest BCUT2D eigenvalue weighted by Crippen LogP contribution is 2.39. The molecule has 1 atom stereocenters. The minimum absolute atomic E-state index is 0.218. The predicted molar refractivity (Wildman–Crippen MR) is 109 cm³/mol. The zero-order chi connectivity index (χ0) is 21.1. The van der Waals surface area contributed by atoms with Gasteiger partial charge in [-0.05, 0) is 66.1 Å². The van der Waals surface area contributed by atoms with Gasteiger partial charge in [0.25, 0.3) is 0 Å². The molecule has 1 aromatic heterocycles. The van der Waals surface area contributed by atoms with Crippen LogP contribution >= 0.6 is 0 Å². The van der Waals surface area contributed by atoms with Crippen LogP contribution in [0.4, 0.5) is 4.39 Å². The maximum atomic E-state index is 14.4. The summed E-state index contributed by atoms with van der Waals surface area (Å²) in [4.78, 5) is 15.5. The van der Waals surface area contributed by atoms with Gasteiger partial charge in [-0.3, -0.25) is 4.98 Å². The van der Waals surface area contributed by atoms with Gasteiger partial charge in [0.2, 0.25) is 0 Å². The lowest BCUT2D eigenvalue weighted by Gasteiger charge is -2.26. The summed E-state index contributed by atoms with van der Waals surface area (Å²) in [5, 5.41) is 18.3. The molecular weight excluding hydrogens is 383 g/mol. The standard InChI is InChI=1S/C24H19FN2O3/c25-22-11-15(13-26)1-5-19(22)17-4-6-20-16(8-10-30-23(20)12-17)2-3-18-14-27-9-7-21(18)24(28)29/h1,4-7,9,11-12,14,16H,2-3,8,10H2,(H,28,29)/t16-/m0/s1. The Morgan fingerprint density at radius 1 is 1.27 bits per heavy atom. The summed E-state index contributed by atoms with van der Waals surface area (Å²) in [7, 11) is 0. The van der Waals surface area contributed by atoms with Crippen molar-refractivity contribution >= 4 is 5.97 Å². The van der Waals surface area contributed by atoms with E-state index in [0.29, 0.717) is 29.7 Å². The van der Waals surface area contributed by atoms with E-state index in [1.165, 1.54) is 18.3 Å². The molecule has 5 nitrogen and oxygen atoms in total. The molecule has 4 rings (SSSR count). The fourth-order valence-corrected chi connectivity index (χ4v) is 3.91. The monoisotopic (exact) mass is 402 g/mol. The first kappa shape index (κ1) is 19.6. The number of nitrogens with zero attached hydrogens (tertiary/aromatic N) is 2. The van der Waals surface area contributed by atoms with Gasteiger partial charge in [-0.25, -0.2) is 9.18 Å². The van der Waals surface area contributed by atoms with Gasteiger partial charge in [0.15, 0.2) is 0 Å². The van der Waals surface area contributed by atoms with Gasteiger partial charge in [-0.15, -0.1) is 0 Å². The van der Waals surface area contributed by atoms with E-state index in [1.807, 2.05) is 24.3 Å². The van der Waals surface area contributed by atoms with Crippen LogP contribution in [0.3, 0.4) is 0 Å². The van der Waals surface area contributed by atoms with Crippen molar-refractivity contribution in [1.82, 2.24) is 4.98 Å². The fraction of sp³-hybridized carbons (Fsp3) is 0.208. The summed E-state index contributed by atoms with van der Waals surface area (Å²) in [6.45, 7) is 0.551. The summed E-state index contributed by atoms with van der Waals surface area (Å²) >= 11 is 0. The molecule has 30 heavy (non-hydrogen) atoms. The minimum atomic E-state index is -0.950. The van der Waals surface area contributed by atoms with Gasteiger partial charge in [0, 0.05) is 18.0 Å². The molecule has 0 amide bonds. The largest absolute Gasteiger partial charge is 0.493 e. The number of halogens is 1. The molecular formula is C24H19FN2O3. The number of carboxylic acid groups (broad SMARTS) is 1. The van der Waals surface area contributed by atoms with E-state index in [9.17, 15) is 14.3 Å². The maximum Gasteiger partial charge on any atom is 0.336 e. The Kier molecular flexibility index (Phi) is 5.44. The van der Waals surface area contributed by atoms with Gasteiger partial charge < -0.3 is 9.84 Å². The number of rotatable bonds is 5. The van der Waals surface area contributed by atoms with Crippen molar-refractivity contribution in [3.8, 4) is 22.9 Å². The van der Waals surface area contributed by atoms with Crippen LogP contribution in [0.25, 0.3) is 11.1 Å². The first-order valence-corrected chi connectivity index (χ1v) is 9.69. The molecule has 1 aliphatic heterocycles. The molecule has 2 aromatic carbocycles. The lowest BCUT2D eigenvalue weighted by molar-refractivity contribution is 0.0695. The number of aryl methyl sites for hydroxylation is 1. The lowest BCUT2D eigenvalue weighted by atomic mass is 9.86. The van der Waals surface area contributed by atoms with Crippen LogP contribution in [0, 0.1) is 17.1 Å². The van der Waals surface area contributed by atoms with Gasteiger partial charge in [-0.2, -0.15) is 5.26 Å². The summed E-state index contributed by atoms with van der Waals surface area (Å²) in [5.74, 6) is -0.458. The SMILES string of the molecule is N#Cc1ccc(-c2ccc3c(c2)OCC[C@@H]3CCc2cnccc2C(=O)O)c(F)c1. The molecule has 2 heterocycles. The zero-order valence-corrected chi connectivity index (χ0v) is 16.1. The molecule has 0 unspecified atom stereocenters. The molecule has 0 fully saturated rings. The van der Waals surface area contributed by atoms with Crippen LogP contribution in [-0.2, 0) is 6.42 Å². The quantitative estimate of drug-likeness (QED) is 0.652. The van der Waals surface area contributed by atoms with Crippen LogP contribution in [0.5, 0.6) is 5.75 Å². The molecule has 0 saturated carbocycles. The number of nitriles is 1. The van der Waals surface area contributed by atoms with Gasteiger partial charge in [0.1, 0.15) is 11.6 Å². The summed E-state index contributed by atoms with van der Waals surface area (Å²) < 4.78 is 20.2. The van der Waals surface area contributed by atoms with Gasteiger partial charge in [0.05, 0.1) is 23.8 Å². The topological polar surface area (TPSA) is 83.2 Å². The van der Waals surface area contributed by atoms with Crippen molar-refractivity contribution < 1.29 is 19.0 Å². The number of carbonyl (C=O) groups is 1. The highest BCUT2D eigenvalue weighted by Gasteiger charge is 2.23. The second-order valence-corrected chi connectivity index (χ2v) is 7.27. The van der Waals surface area contributed by atoms with E-state index in [2.05, 4.69) is 4.98 Å². The molecule has 150 valence electrons. The van der Waals surface area contributed by atoms with E-state index in [1.54, 1.807) is 18.3 Å². The predicted octanol–water partition coefficient (Wildman–Crippen LogP) is 4.96. The van der Waals surface area contributed by atoms with Crippen LogP contribution in [0.1, 0.15) is 45.8 Å². The zero-order valence-electron chi connectivity index (χ0n) is 16.1. The third-order valence-corrected chi connectivity index (χ3v) is 5.48. The Labute approximate surface area is 173 Å². The summed E-state index contributed by atoms with van der Waals surface area (Å²) in [5.41, 5.74) is 3.43. The molecule has 1 N–H and O–H groups in total. The molecule has 6 heteroatoms. The molecule has 0 bridgehead atoms. The number of benzene rings is 2. The Morgan fingerprint density at radius 2 is 2.13 bits per heavy atom. The number of hydrogen-bond donors (Lipinski definition) is 1. The average molecular weight is 402 g/mol. The number of aromatic nitrogens is 1. The van der Waals surface area contributed by atoms with E-state index < -0.39 is 11.8 Å². The number of pyridine rings is 1. The Bertz CT molecular complexity index is 1150. The van der Waals surface area contributed by atoms with Crippen molar-refractivity contribution in [3.63, 3.8) is 0 Å². The number of ether oxygens (including phenoxy) is 1. The molecule has 3 aromatic rings. The number of carboxylic acids is 1. The Morgan fingerprint density at radius 3 is 2.90 bits per heavy atom. The van der Waals surface area contributed by atoms with Crippen molar-refractivity contribution in [2.75, 3.05) is 6.61 Å². The second kappa shape index (κ2) is 8.34. The van der Waals surface area contributed by atoms with Gasteiger partial charge in [-0.1, -0.05) is 18.2 Å². The van der Waals surface area contributed by atoms with E-state index in [-0.39, 0.29) is 17.0 Å².